The summed E-state index contributed by atoms with van der Waals surface area (Å²) in [5, 5.41) is 2.60. The molecule has 0 heterocycles. The molecular formula is C23H43NO4. The van der Waals surface area contributed by atoms with Gasteiger partial charge in [-0.2, -0.15) is 0 Å². The lowest BCUT2D eigenvalue weighted by Crippen LogP contribution is -2.42. The highest BCUT2D eigenvalue weighted by Crippen LogP contribution is 2.08. The molecule has 0 aliphatic rings. The number of unbranched alkanes of at least 4 members (excludes halogenated alkanes) is 11. The minimum absolute atomic E-state index is 0.335. The van der Waals surface area contributed by atoms with E-state index in [1.165, 1.54) is 51.4 Å². The zero-order chi connectivity index (χ0) is 20.9. The van der Waals surface area contributed by atoms with Crippen LogP contribution in [0.2, 0.25) is 0 Å². The molecule has 0 aliphatic carbocycles. The molecule has 0 fully saturated rings. The summed E-state index contributed by atoms with van der Waals surface area (Å²) in [6.45, 7) is 8.80. The van der Waals surface area contributed by atoms with E-state index in [1.807, 2.05) is 0 Å². The Hall–Kier alpha value is -1.52. The lowest BCUT2D eigenvalue weighted by Gasteiger charge is -2.16. The fraction of sp³-hybridized carbons (Fsp3) is 0.826. The number of rotatable bonds is 19. The molecule has 0 saturated heterocycles. The average molecular weight is 398 g/mol. The molecule has 0 saturated carbocycles. The Kier molecular flexibility index (Phi) is 19.1. The minimum atomic E-state index is -0.723. The van der Waals surface area contributed by atoms with Gasteiger partial charge in [-0.05, 0) is 19.3 Å². The predicted octanol–water partition coefficient (Wildman–Crippen LogP) is 6.31. The van der Waals surface area contributed by atoms with Crippen LogP contribution < -0.4 is 5.32 Å². The first-order chi connectivity index (χ1) is 13.7. The molecule has 0 aromatic rings. The molecule has 0 aliphatic heterocycles. The van der Waals surface area contributed by atoms with Gasteiger partial charge in [0.1, 0.15) is 6.04 Å². The summed E-state index contributed by atoms with van der Waals surface area (Å²) >= 11 is 0. The molecule has 1 N–H and O–H groups in total. The monoisotopic (exact) mass is 397 g/mol. The highest BCUT2D eigenvalue weighted by Gasteiger charge is 2.21. The fourth-order valence-corrected chi connectivity index (χ4v) is 2.94. The first-order valence-electron chi connectivity index (χ1n) is 11.4. The molecule has 1 unspecified atom stereocenters. The van der Waals surface area contributed by atoms with Crippen LogP contribution in [0.4, 0.5) is 4.79 Å². The number of ether oxygens (including phenoxy) is 2. The third-order valence-electron chi connectivity index (χ3n) is 4.70. The maximum absolute atomic E-state index is 12.1. The van der Waals surface area contributed by atoms with Crippen molar-refractivity contribution in [2.24, 2.45) is 0 Å². The summed E-state index contributed by atoms with van der Waals surface area (Å²) in [6, 6.07) is -0.723. The van der Waals surface area contributed by atoms with Gasteiger partial charge in [0.2, 0.25) is 0 Å². The number of carbonyl (C=O) groups excluding carboxylic acids is 2. The quantitative estimate of drug-likeness (QED) is 0.157. The van der Waals surface area contributed by atoms with Gasteiger partial charge < -0.3 is 14.8 Å². The number of hydrogen-bond donors (Lipinski definition) is 1. The largest absolute Gasteiger partial charge is 0.464 e. The molecular weight excluding hydrogens is 354 g/mol. The predicted molar refractivity (Wildman–Crippen MR) is 115 cm³/mol. The molecule has 0 bridgehead atoms. The third kappa shape index (κ3) is 16.6. The Morgan fingerprint density at radius 1 is 0.786 bits per heavy atom. The standard InChI is InChI=1S/C23H43NO4/c1-4-7-9-11-12-13-15-17-20-28-23(26)24-21(18-6-3)22(25)27-19-16-14-10-8-5-2/h6,21H,3-5,7-20H2,1-2H3,(H,24,26). The summed E-state index contributed by atoms with van der Waals surface area (Å²) < 4.78 is 10.5. The lowest BCUT2D eigenvalue weighted by molar-refractivity contribution is -0.146. The summed E-state index contributed by atoms with van der Waals surface area (Å²) in [4.78, 5) is 24.1. The van der Waals surface area contributed by atoms with Gasteiger partial charge in [-0.3, -0.25) is 0 Å². The van der Waals surface area contributed by atoms with Crippen molar-refractivity contribution in [1.82, 2.24) is 5.32 Å². The number of amides is 1. The molecule has 164 valence electrons. The van der Waals surface area contributed by atoms with Crippen LogP contribution >= 0.6 is 0 Å². The molecule has 5 nitrogen and oxygen atoms in total. The second kappa shape index (κ2) is 20.2. The van der Waals surface area contributed by atoms with Crippen LogP contribution in [0, 0.1) is 0 Å². The Morgan fingerprint density at radius 2 is 1.25 bits per heavy atom. The SMILES string of the molecule is C=CCC(NC(=O)OCCCCCCCCCC)C(=O)OCCCCCCC. The van der Waals surface area contributed by atoms with Crippen LogP contribution in [0.15, 0.2) is 12.7 Å². The van der Waals surface area contributed by atoms with E-state index in [2.05, 4.69) is 25.7 Å². The molecule has 28 heavy (non-hydrogen) atoms. The van der Waals surface area contributed by atoms with Gasteiger partial charge in [-0.15, -0.1) is 6.58 Å². The first-order valence-corrected chi connectivity index (χ1v) is 11.4. The second-order valence-corrected chi connectivity index (χ2v) is 7.41. The Labute approximate surface area is 172 Å². The van der Waals surface area contributed by atoms with Gasteiger partial charge >= 0.3 is 12.1 Å². The Balaban J connectivity index is 3.84. The van der Waals surface area contributed by atoms with E-state index in [-0.39, 0.29) is 0 Å². The maximum Gasteiger partial charge on any atom is 0.407 e. The number of nitrogens with one attached hydrogen (secondary N) is 1. The van der Waals surface area contributed by atoms with Crippen LogP contribution in [-0.2, 0) is 14.3 Å². The van der Waals surface area contributed by atoms with E-state index >= 15 is 0 Å². The van der Waals surface area contributed by atoms with E-state index < -0.39 is 18.1 Å². The minimum Gasteiger partial charge on any atom is -0.464 e. The van der Waals surface area contributed by atoms with Crippen molar-refractivity contribution >= 4 is 12.1 Å². The van der Waals surface area contributed by atoms with Crippen LogP contribution in [0.1, 0.15) is 104 Å². The van der Waals surface area contributed by atoms with E-state index in [0.29, 0.717) is 19.6 Å². The Bertz CT molecular complexity index is 398. The average Bonchev–Trinajstić information content (AvgIpc) is 2.69. The van der Waals surface area contributed by atoms with Gasteiger partial charge in [0.15, 0.2) is 0 Å². The normalized spacial score (nSPS) is 11.6. The molecule has 0 aromatic carbocycles. The molecule has 5 heteroatoms. The van der Waals surface area contributed by atoms with Crippen molar-refractivity contribution in [2.75, 3.05) is 13.2 Å². The van der Waals surface area contributed by atoms with Crippen molar-refractivity contribution in [2.45, 2.75) is 110 Å². The van der Waals surface area contributed by atoms with Gasteiger partial charge in [0.25, 0.3) is 0 Å². The molecule has 0 radical (unpaired) electrons. The van der Waals surface area contributed by atoms with Crippen LogP contribution in [0.5, 0.6) is 0 Å². The molecule has 0 rings (SSSR count). The molecule has 1 amide bonds. The highest BCUT2D eigenvalue weighted by molar-refractivity contribution is 5.81. The van der Waals surface area contributed by atoms with E-state index in [4.69, 9.17) is 9.47 Å². The topological polar surface area (TPSA) is 64.6 Å². The smallest absolute Gasteiger partial charge is 0.407 e. The van der Waals surface area contributed by atoms with Gasteiger partial charge in [0.05, 0.1) is 13.2 Å². The van der Waals surface area contributed by atoms with Crippen LogP contribution in [0.25, 0.3) is 0 Å². The summed E-state index contributed by atoms with van der Waals surface area (Å²) in [7, 11) is 0. The number of esters is 1. The van der Waals surface area contributed by atoms with Crippen LogP contribution in [0.3, 0.4) is 0 Å². The van der Waals surface area contributed by atoms with E-state index in [1.54, 1.807) is 6.08 Å². The Morgan fingerprint density at radius 3 is 1.75 bits per heavy atom. The number of hydrogen-bond acceptors (Lipinski definition) is 4. The molecule has 0 spiro atoms. The molecule has 0 aromatic heterocycles. The van der Waals surface area contributed by atoms with Gasteiger partial charge in [-0.1, -0.05) is 90.6 Å². The number of alkyl carbamates (subject to hydrolysis) is 1. The zero-order valence-electron chi connectivity index (χ0n) is 18.3. The van der Waals surface area contributed by atoms with Gasteiger partial charge in [0, 0.05) is 0 Å². The van der Waals surface area contributed by atoms with E-state index in [0.717, 1.165) is 32.1 Å². The summed E-state index contributed by atoms with van der Waals surface area (Å²) in [6.07, 6.45) is 16.4. The summed E-state index contributed by atoms with van der Waals surface area (Å²) in [5.41, 5.74) is 0. The van der Waals surface area contributed by atoms with Gasteiger partial charge in [-0.25, -0.2) is 9.59 Å². The third-order valence-corrected chi connectivity index (χ3v) is 4.70. The van der Waals surface area contributed by atoms with Crippen molar-refractivity contribution in [3.63, 3.8) is 0 Å². The van der Waals surface area contributed by atoms with Crippen LogP contribution in [-0.4, -0.2) is 31.3 Å². The lowest BCUT2D eigenvalue weighted by atomic mass is 10.1. The van der Waals surface area contributed by atoms with E-state index in [9.17, 15) is 9.59 Å². The summed E-state index contributed by atoms with van der Waals surface area (Å²) in [5.74, 6) is -0.417. The van der Waals surface area contributed by atoms with Crippen molar-refractivity contribution in [3.8, 4) is 0 Å². The number of carbonyl (C=O) groups is 2. The van der Waals surface area contributed by atoms with Crippen molar-refractivity contribution < 1.29 is 19.1 Å². The zero-order valence-corrected chi connectivity index (χ0v) is 18.3. The van der Waals surface area contributed by atoms with Crippen molar-refractivity contribution in [1.29, 1.82) is 0 Å². The van der Waals surface area contributed by atoms with Crippen molar-refractivity contribution in [3.05, 3.63) is 12.7 Å². The maximum atomic E-state index is 12.1. The molecule has 1 atom stereocenters. The highest BCUT2D eigenvalue weighted by atomic mass is 16.6. The fourth-order valence-electron chi connectivity index (χ4n) is 2.94. The second-order valence-electron chi connectivity index (χ2n) is 7.41. The first kappa shape index (κ1) is 26.5.